The number of nitrogens with one attached hydrogen (secondary N) is 2. The molecule has 0 saturated carbocycles. The molecule has 1 heterocycles. The summed E-state index contributed by atoms with van der Waals surface area (Å²) in [4.78, 5) is 23.3. The summed E-state index contributed by atoms with van der Waals surface area (Å²) in [5.41, 5.74) is 2.03. The van der Waals surface area contributed by atoms with Crippen molar-refractivity contribution in [2.75, 3.05) is 0 Å². The molecule has 0 radical (unpaired) electrons. The van der Waals surface area contributed by atoms with Crippen LogP contribution in [0.1, 0.15) is 16.8 Å². The van der Waals surface area contributed by atoms with Crippen LogP contribution in [-0.4, -0.2) is 15.9 Å². The number of nitrogens with zero attached hydrogens (tertiary/aromatic N) is 1. The zero-order chi connectivity index (χ0) is 14.5. The van der Waals surface area contributed by atoms with Crippen molar-refractivity contribution >= 4 is 6.09 Å². The first-order chi connectivity index (χ1) is 9.58. The number of ether oxygens (including phenoxy) is 1. The van der Waals surface area contributed by atoms with Crippen molar-refractivity contribution in [1.82, 2.24) is 15.1 Å². The Bertz CT molecular complexity index is 643. The van der Waals surface area contributed by atoms with Gasteiger partial charge in [0.2, 0.25) is 0 Å². The Hall–Kier alpha value is -2.50. The van der Waals surface area contributed by atoms with Gasteiger partial charge in [-0.2, -0.15) is 0 Å². The van der Waals surface area contributed by atoms with Crippen molar-refractivity contribution in [1.29, 1.82) is 0 Å². The Labute approximate surface area is 116 Å². The highest BCUT2D eigenvalue weighted by Crippen LogP contribution is 2.01. The maximum absolute atomic E-state index is 11.7. The minimum atomic E-state index is -0.545. The van der Waals surface area contributed by atoms with Crippen LogP contribution >= 0.6 is 0 Å². The normalized spacial score (nSPS) is 10.3. The molecular weight excluding hydrogens is 258 g/mol. The zero-order valence-electron chi connectivity index (χ0n) is 11.5. The predicted molar refractivity (Wildman–Crippen MR) is 74.2 cm³/mol. The number of carbonyl (C=O) groups is 1. The number of rotatable bonds is 4. The number of amides is 1. The average Bonchev–Trinajstić information content (AvgIpc) is 2.69. The number of benzene rings is 1. The monoisotopic (exact) mass is 275 g/mol. The fourth-order valence-corrected chi connectivity index (χ4v) is 1.88. The first kappa shape index (κ1) is 13.9. The molecular formula is C14H17N3O3. The lowest BCUT2D eigenvalue weighted by Gasteiger charge is -2.06. The first-order valence-electron chi connectivity index (χ1n) is 6.27. The highest BCUT2D eigenvalue weighted by Gasteiger charge is 2.10. The van der Waals surface area contributed by atoms with Crippen molar-refractivity contribution in [3.05, 3.63) is 57.5 Å². The van der Waals surface area contributed by atoms with Crippen molar-refractivity contribution in [3.63, 3.8) is 0 Å². The summed E-state index contributed by atoms with van der Waals surface area (Å²) in [5.74, 6) is 0. The van der Waals surface area contributed by atoms with Crippen molar-refractivity contribution < 1.29 is 9.53 Å². The van der Waals surface area contributed by atoms with Gasteiger partial charge in [0.05, 0.1) is 12.1 Å². The third-order valence-corrected chi connectivity index (χ3v) is 2.97. The summed E-state index contributed by atoms with van der Waals surface area (Å²) in [5, 5.41) is 5.44. The molecule has 106 valence electrons. The highest BCUT2D eigenvalue weighted by molar-refractivity contribution is 5.67. The largest absolute Gasteiger partial charge is 0.445 e. The van der Waals surface area contributed by atoms with Gasteiger partial charge in [-0.3, -0.25) is 14.6 Å². The van der Waals surface area contributed by atoms with Gasteiger partial charge in [0, 0.05) is 12.7 Å². The van der Waals surface area contributed by atoms with Crippen molar-refractivity contribution in [2.45, 2.75) is 20.1 Å². The van der Waals surface area contributed by atoms with Crippen LogP contribution in [-0.2, 0) is 24.9 Å². The number of aryl methyl sites for hydroxylation is 2. The summed E-state index contributed by atoms with van der Waals surface area (Å²) in [6.45, 7) is 2.14. The fraction of sp³-hybridized carbons (Fsp3) is 0.286. The third kappa shape index (κ3) is 3.28. The molecule has 0 saturated heterocycles. The minimum Gasteiger partial charge on any atom is -0.445 e. The zero-order valence-corrected chi connectivity index (χ0v) is 11.5. The molecule has 1 aromatic heterocycles. The second kappa shape index (κ2) is 6.10. The van der Waals surface area contributed by atoms with Gasteiger partial charge in [-0.05, 0) is 12.5 Å². The Morgan fingerprint density at radius 1 is 1.35 bits per heavy atom. The molecule has 1 aromatic carbocycles. The highest BCUT2D eigenvalue weighted by atomic mass is 16.5. The Morgan fingerprint density at radius 2 is 2.05 bits per heavy atom. The molecule has 2 N–H and O–H groups in total. The van der Waals surface area contributed by atoms with E-state index in [2.05, 4.69) is 10.4 Å². The van der Waals surface area contributed by atoms with Crippen LogP contribution in [0.15, 0.2) is 35.1 Å². The number of aromatic nitrogens is 2. The maximum Gasteiger partial charge on any atom is 0.407 e. The Balaban J connectivity index is 1.85. The number of aromatic amines is 1. The second-order valence-corrected chi connectivity index (χ2v) is 4.49. The van der Waals surface area contributed by atoms with E-state index in [-0.39, 0.29) is 18.7 Å². The molecule has 0 aliphatic rings. The van der Waals surface area contributed by atoms with E-state index in [0.29, 0.717) is 5.56 Å². The van der Waals surface area contributed by atoms with Crippen molar-refractivity contribution in [3.8, 4) is 0 Å². The SMILES string of the molecule is Cc1[nH]n(C)c(=O)c1CNC(=O)OCc1ccccc1. The summed E-state index contributed by atoms with van der Waals surface area (Å²) < 4.78 is 6.44. The lowest BCUT2D eigenvalue weighted by molar-refractivity contribution is 0.139. The standard InChI is InChI=1S/C14H17N3O3/c1-10-12(13(18)17(2)16-10)8-15-14(19)20-9-11-6-4-3-5-7-11/h3-7,16H,8-9H2,1-2H3,(H,15,19). The molecule has 2 rings (SSSR count). The summed E-state index contributed by atoms with van der Waals surface area (Å²) in [6, 6.07) is 9.40. The van der Waals surface area contributed by atoms with Crippen molar-refractivity contribution in [2.24, 2.45) is 7.05 Å². The number of hydrogen-bond acceptors (Lipinski definition) is 3. The van der Waals surface area contributed by atoms with E-state index in [1.807, 2.05) is 30.3 Å². The van der Waals surface area contributed by atoms with Gasteiger partial charge in [0.25, 0.3) is 5.56 Å². The van der Waals surface area contributed by atoms with Gasteiger partial charge in [-0.15, -0.1) is 0 Å². The van der Waals surface area contributed by atoms with E-state index in [1.165, 1.54) is 4.68 Å². The summed E-state index contributed by atoms with van der Waals surface area (Å²) in [7, 11) is 1.63. The molecule has 0 atom stereocenters. The second-order valence-electron chi connectivity index (χ2n) is 4.49. The average molecular weight is 275 g/mol. The van der Waals surface area contributed by atoms with E-state index < -0.39 is 6.09 Å². The number of alkyl carbamates (subject to hydrolysis) is 1. The predicted octanol–water partition coefficient (Wildman–Crippen LogP) is 1.45. The topological polar surface area (TPSA) is 76.1 Å². The van der Waals surface area contributed by atoms with E-state index in [9.17, 15) is 9.59 Å². The van der Waals surface area contributed by atoms with E-state index in [0.717, 1.165) is 11.3 Å². The lowest BCUT2D eigenvalue weighted by atomic mass is 10.2. The molecule has 1 amide bonds. The summed E-state index contributed by atoms with van der Waals surface area (Å²) in [6.07, 6.45) is -0.545. The Morgan fingerprint density at radius 3 is 2.65 bits per heavy atom. The smallest absolute Gasteiger partial charge is 0.407 e. The van der Waals surface area contributed by atoms with Crippen LogP contribution in [0.2, 0.25) is 0 Å². The van der Waals surface area contributed by atoms with Gasteiger partial charge in [0.15, 0.2) is 0 Å². The van der Waals surface area contributed by atoms with Crippen LogP contribution < -0.4 is 10.9 Å². The van der Waals surface area contributed by atoms with Gasteiger partial charge < -0.3 is 10.1 Å². The first-order valence-corrected chi connectivity index (χ1v) is 6.27. The quantitative estimate of drug-likeness (QED) is 0.886. The molecule has 20 heavy (non-hydrogen) atoms. The van der Waals surface area contributed by atoms with Gasteiger partial charge in [-0.1, -0.05) is 30.3 Å². The van der Waals surface area contributed by atoms with Crippen LogP contribution in [0.3, 0.4) is 0 Å². The molecule has 0 unspecified atom stereocenters. The van der Waals surface area contributed by atoms with Gasteiger partial charge >= 0.3 is 6.09 Å². The van der Waals surface area contributed by atoms with E-state index in [1.54, 1.807) is 14.0 Å². The maximum atomic E-state index is 11.7. The molecule has 0 aliphatic heterocycles. The van der Waals surface area contributed by atoms with Gasteiger partial charge in [-0.25, -0.2) is 4.79 Å². The van der Waals surface area contributed by atoms with E-state index >= 15 is 0 Å². The van der Waals surface area contributed by atoms with Crippen LogP contribution in [0.5, 0.6) is 0 Å². The molecule has 0 bridgehead atoms. The van der Waals surface area contributed by atoms with E-state index in [4.69, 9.17) is 4.74 Å². The number of hydrogen-bond donors (Lipinski definition) is 2. The molecule has 2 aromatic rings. The van der Waals surface area contributed by atoms with Crippen LogP contribution in [0.25, 0.3) is 0 Å². The fourth-order valence-electron chi connectivity index (χ4n) is 1.88. The van der Waals surface area contributed by atoms with Crippen LogP contribution in [0, 0.1) is 6.92 Å². The third-order valence-electron chi connectivity index (χ3n) is 2.97. The minimum absolute atomic E-state index is 0.147. The number of H-pyrrole nitrogens is 1. The molecule has 6 nitrogen and oxygen atoms in total. The molecule has 0 spiro atoms. The molecule has 6 heteroatoms. The van der Waals surface area contributed by atoms with Crippen LogP contribution in [0.4, 0.5) is 4.79 Å². The van der Waals surface area contributed by atoms with Gasteiger partial charge in [0.1, 0.15) is 6.61 Å². The molecule has 0 aliphatic carbocycles. The molecule has 0 fully saturated rings. The number of carbonyl (C=O) groups excluding carboxylic acids is 1. The Kier molecular flexibility index (Phi) is 4.24. The summed E-state index contributed by atoms with van der Waals surface area (Å²) >= 11 is 0. The lowest BCUT2D eigenvalue weighted by Crippen LogP contribution is -2.27.